The molecule has 0 spiro atoms. The highest BCUT2D eigenvalue weighted by Crippen LogP contribution is 2.34. The standard InChI is InChI=1S/C23H25N5O4/c1-16-22(32-19-6-3-2-5-18(19)31-16)23(30)26-13-9-17(10-14-26)15-28-21(29)8-7-20(25-28)27-12-4-11-24-27/h2-8,11-12,16-17,22H,9-10,13-15H2,1H3. The molecule has 2 unspecified atom stereocenters. The molecule has 3 aromatic rings. The van der Waals surface area contributed by atoms with E-state index in [0.29, 0.717) is 37.0 Å². The molecule has 0 radical (unpaired) electrons. The Hall–Kier alpha value is -3.62. The van der Waals surface area contributed by atoms with Crippen LogP contribution in [0.2, 0.25) is 0 Å². The predicted molar refractivity (Wildman–Crippen MR) is 116 cm³/mol. The molecular formula is C23H25N5O4. The molecule has 2 aliphatic rings. The van der Waals surface area contributed by atoms with E-state index in [1.807, 2.05) is 42.2 Å². The number of likely N-dealkylation sites (tertiary alicyclic amines) is 1. The van der Waals surface area contributed by atoms with Crippen molar-refractivity contribution < 1.29 is 14.3 Å². The summed E-state index contributed by atoms with van der Waals surface area (Å²) in [7, 11) is 0. The maximum Gasteiger partial charge on any atom is 0.267 e. The minimum absolute atomic E-state index is 0.0542. The summed E-state index contributed by atoms with van der Waals surface area (Å²) in [6.45, 7) is 3.61. The molecule has 2 atom stereocenters. The molecule has 166 valence electrons. The van der Waals surface area contributed by atoms with Crippen molar-refractivity contribution in [3.05, 3.63) is 65.2 Å². The Bertz CT molecular complexity index is 1150. The predicted octanol–water partition coefficient (Wildman–Crippen LogP) is 1.90. The zero-order chi connectivity index (χ0) is 22.1. The quantitative estimate of drug-likeness (QED) is 0.622. The van der Waals surface area contributed by atoms with Gasteiger partial charge in [-0.25, -0.2) is 9.36 Å². The fourth-order valence-electron chi connectivity index (χ4n) is 4.25. The van der Waals surface area contributed by atoms with Crippen LogP contribution in [0.4, 0.5) is 0 Å². The average Bonchev–Trinajstić information content (AvgIpc) is 3.35. The van der Waals surface area contributed by atoms with E-state index in [9.17, 15) is 9.59 Å². The molecule has 1 fully saturated rings. The van der Waals surface area contributed by atoms with Gasteiger partial charge in [-0.05, 0) is 49.9 Å². The summed E-state index contributed by atoms with van der Waals surface area (Å²) in [5.74, 6) is 2.07. The fourth-order valence-corrected chi connectivity index (χ4v) is 4.25. The lowest BCUT2D eigenvalue weighted by atomic mass is 9.96. The first-order valence-electron chi connectivity index (χ1n) is 10.9. The Labute approximate surface area is 185 Å². The highest BCUT2D eigenvalue weighted by Gasteiger charge is 2.38. The molecule has 0 bridgehead atoms. The third kappa shape index (κ3) is 3.98. The lowest BCUT2D eigenvalue weighted by Gasteiger charge is -2.37. The number of hydrogen-bond donors (Lipinski definition) is 0. The molecule has 2 aliphatic heterocycles. The lowest BCUT2D eigenvalue weighted by molar-refractivity contribution is -0.145. The number of para-hydroxylation sites is 2. The van der Waals surface area contributed by atoms with Gasteiger partial charge in [-0.1, -0.05) is 12.1 Å². The van der Waals surface area contributed by atoms with Gasteiger partial charge in [-0.3, -0.25) is 9.59 Å². The second-order valence-electron chi connectivity index (χ2n) is 8.24. The van der Waals surface area contributed by atoms with Crippen LogP contribution >= 0.6 is 0 Å². The number of benzene rings is 1. The third-order valence-corrected chi connectivity index (χ3v) is 6.03. The van der Waals surface area contributed by atoms with E-state index in [2.05, 4.69) is 10.2 Å². The van der Waals surface area contributed by atoms with E-state index >= 15 is 0 Å². The molecule has 1 aromatic carbocycles. The molecule has 4 heterocycles. The summed E-state index contributed by atoms with van der Waals surface area (Å²) in [4.78, 5) is 27.3. The van der Waals surface area contributed by atoms with Crippen LogP contribution in [0.25, 0.3) is 5.82 Å². The summed E-state index contributed by atoms with van der Waals surface area (Å²) < 4.78 is 15.0. The Morgan fingerprint density at radius 1 is 1.06 bits per heavy atom. The van der Waals surface area contributed by atoms with Gasteiger partial charge in [0.2, 0.25) is 6.10 Å². The number of nitrogens with zero attached hydrogens (tertiary/aromatic N) is 5. The number of fused-ring (bicyclic) bond motifs is 1. The van der Waals surface area contributed by atoms with Gasteiger partial charge in [0.25, 0.3) is 11.5 Å². The van der Waals surface area contributed by atoms with Gasteiger partial charge in [0, 0.05) is 38.1 Å². The van der Waals surface area contributed by atoms with Crippen molar-refractivity contribution in [2.24, 2.45) is 5.92 Å². The number of rotatable bonds is 4. The molecule has 0 N–H and O–H groups in total. The second kappa shape index (κ2) is 8.49. The van der Waals surface area contributed by atoms with Gasteiger partial charge in [0.05, 0.1) is 0 Å². The van der Waals surface area contributed by atoms with Crippen molar-refractivity contribution in [1.29, 1.82) is 0 Å². The summed E-state index contributed by atoms with van der Waals surface area (Å²) in [6, 6.07) is 12.4. The average molecular weight is 435 g/mol. The number of ether oxygens (including phenoxy) is 2. The molecule has 1 amide bonds. The molecule has 0 aliphatic carbocycles. The monoisotopic (exact) mass is 435 g/mol. The van der Waals surface area contributed by atoms with Crippen molar-refractivity contribution >= 4 is 5.91 Å². The van der Waals surface area contributed by atoms with E-state index in [0.717, 1.165) is 12.8 Å². The molecule has 0 saturated carbocycles. The van der Waals surface area contributed by atoms with Gasteiger partial charge in [0.1, 0.15) is 6.10 Å². The van der Waals surface area contributed by atoms with Crippen LogP contribution in [0.5, 0.6) is 11.5 Å². The van der Waals surface area contributed by atoms with E-state index < -0.39 is 6.10 Å². The van der Waals surface area contributed by atoms with Gasteiger partial charge in [0.15, 0.2) is 17.3 Å². The first kappa shape index (κ1) is 20.3. The number of hydrogen-bond acceptors (Lipinski definition) is 6. The van der Waals surface area contributed by atoms with Crippen molar-refractivity contribution in [2.45, 2.75) is 38.5 Å². The summed E-state index contributed by atoms with van der Waals surface area (Å²) in [6.07, 6.45) is 4.04. The first-order chi connectivity index (χ1) is 15.6. The van der Waals surface area contributed by atoms with Crippen LogP contribution in [0.1, 0.15) is 19.8 Å². The van der Waals surface area contributed by atoms with Crippen LogP contribution in [0, 0.1) is 5.92 Å². The number of carbonyl (C=O) groups excluding carboxylic acids is 1. The van der Waals surface area contributed by atoms with Gasteiger partial charge >= 0.3 is 0 Å². The summed E-state index contributed by atoms with van der Waals surface area (Å²) in [5.41, 5.74) is -0.139. The smallest absolute Gasteiger partial charge is 0.267 e. The molecule has 9 nitrogen and oxygen atoms in total. The lowest BCUT2D eigenvalue weighted by Crippen LogP contribution is -2.52. The van der Waals surface area contributed by atoms with Gasteiger partial charge in [-0.2, -0.15) is 5.10 Å². The van der Waals surface area contributed by atoms with Crippen molar-refractivity contribution in [1.82, 2.24) is 24.5 Å². The maximum atomic E-state index is 13.1. The molecule has 32 heavy (non-hydrogen) atoms. The molecule has 5 rings (SSSR count). The van der Waals surface area contributed by atoms with E-state index in [1.165, 1.54) is 10.7 Å². The molecule has 2 aromatic heterocycles. The van der Waals surface area contributed by atoms with Gasteiger partial charge < -0.3 is 14.4 Å². The third-order valence-electron chi connectivity index (χ3n) is 6.03. The minimum Gasteiger partial charge on any atom is -0.482 e. The molecule has 9 heteroatoms. The number of carbonyl (C=O) groups is 1. The SMILES string of the molecule is CC1Oc2ccccc2OC1C(=O)N1CCC(Cn2nc(-n3cccn3)ccc2=O)CC1. The Kier molecular flexibility index (Phi) is 5.38. The van der Waals surface area contributed by atoms with Crippen LogP contribution in [0.15, 0.2) is 59.7 Å². The second-order valence-corrected chi connectivity index (χ2v) is 8.24. The number of amides is 1. The first-order valence-corrected chi connectivity index (χ1v) is 10.9. The highest BCUT2D eigenvalue weighted by molar-refractivity contribution is 5.82. The van der Waals surface area contributed by atoms with Crippen molar-refractivity contribution in [2.75, 3.05) is 13.1 Å². The molecular weight excluding hydrogens is 410 g/mol. The Morgan fingerprint density at radius 3 is 2.53 bits per heavy atom. The van der Waals surface area contributed by atoms with Crippen molar-refractivity contribution in [3.63, 3.8) is 0 Å². The highest BCUT2D eigenvalue weighted by atomic mass is 16.6. The Balaban J connectivity index is 1.21. The largest absolute Gasteiger partial charge is 0.482 e. The number of aromatic nitrogens is 4. The Morgan fingerprint density at radius 2 is 1.81 bits per heavy atom. The van der Waals surface area contributed by atoms with Gasteiger partial charge in [-0.15, -0.1) is 5.10 Å². The summed E-state index contributed by atoms with van der Waals surface area (Å²) >= 11 is 0. The van der Waals surface area contributed by atoms with E-state index in [-0.39, 0.29) is 23.5 Å². The summed E-state index contributed by atoms with van der Waals surface area (Å²) in [5, 5.41) is 8.63. The van der Waals surface area contributed by atoms with Crippen LogP contribution in [0.3, 0.4) is 0 Å². The normalized spacial score (nSPS) is 20.8. The maximum absolute atomic E-state index is 13.1. The topological polar surface area (TPSA) is 91.5 Å². The number of piperidine rings is 1. The van der Waals surface area contributed by atoms with E-state index in [4.69, 9.17) is 9.47 Å². The molecule has 1 saturated heterocycles. The fraction of sp³-hybridized carbons (Fsp3) is 0.391. The van der Waals surface area contributed by atoms with E-state index in [1.54, 1.807) is 23.1 Å². The zero-order valence-corrected chi connectivity index (χ0v) is 17.8. The van der Waals surface area contributed by atoms with Crippen LogP contribution < -0.4 is 15.0 Å². The van der Waals surface area contributed by atoms with Crippen LogP contribution in [-0.4, -0.2) is 55.7 Å². The zero-order valence-electron chi connectivity index (χ0n) is 17.8. The van der Waals surface area contributed by atoms with Crippen molar-refractivity contribution in [3.8, 4) is 17.3 Å². The van der Waals surface area contributed by atoms with Crippen LogP contribution in [-0.2, 0) is 11.3 Å². The minimum atomic E-state index is -0.656.